The van der Waals surface area contributed by atoms with Crippen molar-refractivity contribution in [3.8, 4) is 0 Å². The number of rotatable bonds is 47. The Hall–Kier alpha value is -2.18. The summed E-state index contributed by atoms with van der Waals surface area (Å²) in [4.78, 5) is 26.1. The first-order valence-corrected chi connectivity index (χ1v) is 26.4. The summed E-state index contributed by atoms with van der Waals surface area (Å²) in [6.07, 6.45) is 59.0. The zero-order chi connectivity index (χ0) is 44.5. The largest absolute Gasteiger partial charge is 0.462 e. The Balaban J connectivity index is 4.40. The van der Waals surface area contributed by atoms with Gasteiger partial charge < -0.3 is 20.3 Å². The van der Waals surface area contributed by atoms with Gasteiger partial charge in [0.05, 0.1) is 25.2 Å². The number of nitrogens with one attached hydrogen (secondary N) is 1. The van der Waals surface area contributed by atoms with Gasteiger partial charge in [0.25, 0.3) is 0 Å². The number of aliphatic hydroxyl groups excluding tert-OH is 2. The highest BCUT2D eigenvalue weighted by Crippen LogP contribution is 2.18. The van der Waals surface area contributed by atoms with Crippen molar-refractivity contribution in [1.82, 2.24) is 5.32 Å². The summed E-state index contributed by atoms with van der Waals surface area (Å²) >= 11 is 0. The minimum absolute atomic E-state index is 0.0611. The van der Waals surface area contributed by atoms with Gasteiger partial charge in [0.2, 0.25) is 5.91 Å². The van der Waals surface area contributed by atoms with E-state index >= 15 is 0 Å². The van der Waals surface area contributed by atoms with Gasteiger partial charge in [-0.2, -0.15) is 0 Å². The zero-order valence-electron chi connectivity index (χ0n) is 40.5. The standard InChI is InChI=1S/C55H101NO5/c1-4-7-10-13-16-19-21-23-25-26-27-28-30-32-34-36-39-42-45-48-55(60)61-51(46-43-40-37-18-15-12-9-6-3)49-54(59)56-52(50-57)53(58)47-44-41-38-35-33-31-29-24-22-20-17-14-11-8-5-2/h12,15-16,19,23,25,27-28,51-53,57-58H,4-11,13-14,17-18,20-22,24,26,29-50H2,1-3H3,(H,56,59)/b15-12-,19-16-,25-23-,28-27-. The molecule has 3 atom stereocenters. The number of amides is 1. The molecule has 0 saturated heterocycles. The van der Waals surface area contributed by atoms with Crippen molar-refractivity contribution < 1.29 is 24.5 Å². The Morgan fingerprint density at radius 1 is 0.475 bits per heavy atom. The SMILES string of the molecule is CCC/C=C\CCCCCC(CC(=O)NC(CO)C(O)CCCCCCCCCCCCCCCCC)OC(=O)CCCCCCCC/C=C\C/C=C\C/C=C\CCCCC. The average Bonchev–Trinajstić information content (AvgIpc) is 3.25. The first-order chi connectivity index (χ1) is 30.0. The molecule has 61 heavy (non-hydrogen) atoms. The fraction of sp³-hybridized carbons (Fsp3) is 0.818. The van der Waals surface area contributed by atoms with Crippen LogP contribution in [0.2, 0.25) is 0 Å². The second-order valence-corrected chi connectivity index (χ2v) is 17.9. The van der Waals surface area contributed by atoms with Gasteiger partial charge in [-0.25, -0.2) is 0 Å². The Morgan fingerprint density at radius 2 is 0.869 bits per heavy atom. The first kappa shape index (κ1) is 58.8. The van der Waals surface area contributed by atoms with Crippen molar-refractivity contribution in [2.75, 3.05) is 6.61 Å². The van der Waals surface area contributed by atoms with E-state index in [0.717, 1.165) is 96.3 Å². The molecular formula is C55H101NO5. The molecule has 0 aromatic heterocycles. The van der Waals surface area contributed by atoms with Crippen molar-refractivity contribution in [3.63, 3.8) is 0 Å². The lowest BCUT2D eigenvalue weighted by Gasteiger charge is -2.24. The van der Waals surface area contributed by atoms with E-state index in [4.69, 9.17) is 4.74 Å². The summed E-state index contributed by atoms with van der Waals surface area (Å²) in [5.41, 5.74) is 0. The normalized spacial score (nSPS) is 13.6. The van der Waals surface area contributed by atoms with Crippen LogP contribution in [0, 0.1) is 0 Å². The molecule has 0 aromatic carbocycles. The quantitative estimate of drug-likeness (QED) is 0.0322. The first-order valence-electron chi connectivity index (χ1n) is 26.4. The van der Waals surface area contributed by atoms with E-state index in [0.29, 0.717) is 19.3 Å². The second kappa shape index (κ2) is 48.8. The number of hydrogen-bond acceptors (Lipinski definition) is 5. The van der Waals surface area contributed by atoms with Gasteiger partial charge in [-0.3, -0.25) is 9.59 Å². The lowest BCUT2D eigenvalue weighted by Crippen LogP contribution is -2.46. The predicted molar refractivity (Wildman–Crippen MR) is 264 cm³/mol. The van der Waals surface area contributed by atoms with E-state index < -0.39 is 18.2 Å². The lowest BCUT2D eigenvalue weighted by molar-refractivity contribution is -0.151. The van der Waals surface area contributed by atoms with Crippen LogP contribution >= 0.6 is 0 Å². The molecule has 0 fully saturated rings. The molecule has 6 nitrogen and oxygen atoms in total. The molecule has 0 spiro atoms. The van der Waals surface area contributed by atoms with Gasteiger partial charge in [0.1, 0.15) is 6.10 Å². The monoisotopic (exact) mass is 856 g/mol. The van der Waals surface area contributed by atoms with Crippen LogP contribution in [-0.4, -0.2) is 46.9 Å². The molecule has 3 unspecified atom stereocenters. The molecule has 0 aliphatic heterocycles. The van der Waals surface area contributed by atoms with Gasteiger partial charge in [0.15, 0.2) is 0 Å². The average molecular weight is 856 g/mol. The third-order valence-corrected chi connectivity index (χ3v) is 11.9. The summed E-state index contributed by atoms with van der Waals surface area (Å²) in [5, 5.41) is 23.7. The minimum Gasteiger partial charge on any atom is -0.462 e. The topological polar surface area (TPSA) is 95.9 Å². The number of carbonyl (C=O) groups is 2. The van der Waals surface area contributed by atoms with Gasteiger partial charge >= 0.3 is 5.97 Å². The summed E-state index contributed by atoms with van der Waals surface area (Å²) in [6.45, 7) is 6.39. The third kappa shape index (κ3) is 44.2. The maximum absolute atomic E-state index is 13.2. The number of allylic oxidation sites excluding steroid dienone is 8. The number of carbonyl (C=O) groups excluding carboxylic acids is 2. The van der Waals surface area contributed by atoms with Crippen LogP contribution in [0.1, 0.15) is 265 Å². The van der Waals surface area contributed by atoms with Crippen molar-refractivity contribution in [1.29, 1.82) is 0 Å². The van der Waals surface area contributed by atoms with Crippen LogP contribution in [0.25, 0.3) is 0 Å². The summed E-state index contributed by atoms with van der Waals surface area (Å²) in [6, 6.07) is -0.707. The van der Waals surface area contributed by atoms with Crippen LogP contribution < -0.4 is 5.32 Å². The van der Waals surface area contributed by atoms with Crippen molar-refractivity contribution in [3.05, 3.63) is 48.6 Å². The maximum Gasteiger partial charge on any atom is 0.306 e. The van der Waals surface area contributed by atoms with Gasteiger partial charge in [0, 0.05) is 6.42 Å². The highest BCUT2D eigenvalue weighted by Gasteiger charge is 2.24. The number of ether oxygens (including phenoxy) is 1. The molecule has 0 radical (unpaired) electrons. The second-order valence-electron chi connectivity index (χ2n) is 17.9. The number of unbranched alkanes of at least 4 members (excludes halogenated alkanes) is 27. The van der Waals surface area contributed by atoms with E-state index in [1.165, 1.54) is 122 Å². The number of hydrogen-bond donors (Lipinski definition) is 3. The van der Waals surface area contributed by atoms with Gasteiger partial charge in [-0.15, -0.1) is 0 Å². The lowest BCUT2D eigenvalue weighted by atomic mass is 10.0. The molecule has 0 aliphatic carbocycles. The van der Waals surface area contributed by atoms with Crippen molar-refractivity contribution in [2.45, 2.75) is 283 Å². The fourth-order valence-corrected chi connectivity index (χ4v) is 7.85. The molecule has 0 rings (SSSR count). The fourth-order valence-electron chi connectivity index (χ4n) is 7.85. The zero-order valence-corrected chi connectivity index (χ0v) is 40.5. The molecule has 3 N–H and O–H groups in total. The Morgan fingerprint density at radius 3 is 1.39 bits per heavy atom. The van der Waals surface area contributed by atoms with Crippen LogP contribution in [0.3, 0.4) is 0 Å². The Bertz CT molecular complexity index is 1050. The highest BCUT2D eigenvalue weighted by molar-refractivity contribution is 5.77. The van der Waals surface area contributed by atoms with E-state index in [1.54, 1.807) is 0 Å². The molecule has 0 saturated carbocycles. The van der Waals surface area contributed by atoms with E-state index in [2.05, 4.69) is 74.7 Å². The molecular weight excluding hydrogens is 755 g/mol. The molecule has 1 amide bonds. The van der Waals surface area contributed by atoms with Crippen LogP contribution in [0.4, 0.5) is 0 Å². The van der Waals surface area contributed by atoms with Crippen molar-refractivity contribution >= 4 is 11.9 Å². The summed E-state index contributed by atoms with van der Waals surface area (Å²) in [7, 11) is 0. The molecule has 0 aromatic rings. The van der Waals surface area contributed by atoms with Gasteiger partial charge in [-0.05, 0) is 83.5 Å². The third-order valence-electron chi connectivity index (χ3n) is 11.9. The minimum atomic E-state index is -0.793. The number of aliphatic hydroxyl groups is 2. The van der Waals surface area contributed by atoms with E-state index in [9.17, 15) is 19.8 Å². The van der Waals surface area contributed by atoms with Crippen LogP contribution in [-0.2, 0) is 14.3 Å². The molecule has 0 aliphatic rings. The predicted octanol–water partition coefficient (Wildman–Crippen LogP) is 15.8. The van der Waals surface area contributed by atoms with E-state index in [1.807, 2.05) is 0 Å². The molecule has 0 heterocycles. The molecule has 356 valence electrons. The smallest absolute Gasteiger partial charge is 0.306 e. The summed E-state index contributed by atoms with van der Waals surface area (Å²) < 4.78 is 5.90. The van der Waals surface area contributed by atoms with Crippen LogP contribution in [0.15, 0.2) is 48.6 Å². The maximum atomic E-state index is 13.2. The number of esters is 1. The highest BCUT2D eigenvalue weighted by atomic mass is 16.5. The van der Waals surface area contributed by atoms with Crippen LogP contribution in [0.5, 0.6) is 0 Å². The summed E-state index contributed by atoms with van der Waals surface area (Å²) in [5.74, 6) is -0.503. The Kier molecular flexibility index (Phi) is 47.1. The van der Waals surface area contributed by atoms with Gasteiger partial charge in [-0.1, -0.05) is 217 Å². The molecule has 6 heteroatoms. The van der Waals surface area contributed by atoms with Crippen molar-refractivity contribution in [2.24, 2.45) is 0 Å². The van der Waals surface area contributed by atoms with E-state index in [-0.39, 0.29) is 24.9 Å². The molecule has 0 bridgehead atoms. The Labute approximate surface area is 378 Å².